The molecule has 1 aromatic heterocycles. The third-order valence-corrected chi connectivity index (χ3v) is 8.75. The minimum Gasteiger partial charge on any atom is -0.345 e. The fourth-order valence-corrected chi connectivity index (χ4v) is 6.34. The number of benzene rings is 2. The highest BCUT2D eigenvalue weighted by atomic mass is 16.2. The Kier molecular flexibility index (Phi) is 8.07. The molecule has 41 heavy (non-hydrogen) atoms. The van der Waals surface area contributed by atoms with E-state index < -0.39 is 5.66 Å². The van der Waals surface area contributed by atoms with Crippen LogP contribution < -0.4 is 5.32 Å². The lowest BCUT2D eigenvalue weighted by atomic mass is 9.69. The van der Waals surface area contributed by atoms with Crippen LogP contribution in [0.3, 0.4) is 0 Å². The number of aromatic nitrogens is 4. The highest BCUT2D eigenvalue weighted by Crippen LogP contribution is 2.49. The molecule has 2 aromatic carbocycles. The van der Waals surface area contributed by atoms with Crippen molar-refractivity contribution in [3.63, 3.8) is 0 Å². The molecule has 9 heteroatoms. The number of carbonyl (C=O) groups is 2. The Morgan fingerprint density at radius 2 is 1.78 bits per heavy atom. The molecule has 9 nitrogen and oxygen atoms in total. The van der Waals surface area contributed by atoms with E-state index in [0.29, 0.717) is 23.0 Å². The standard InChI is InChI=1S/C32H41N7O2/c1-6-7-26(22-12-14-24(15-13-22)29(40)33-20-27-35-37-38-36-27)39-30(41)28(23-10-8-21(2)9-11-23)34-32(39)18-16-25(17-19-32)31(3,4)5/h8-15,25-26H,6-7,16-20H2,1-5H3,(H,33,40)(H,35,36,37,38). The normalized spacial score (nSPS) is 21.7. The van der Waals surface area contributed by atoms with Crippen molar-refractivity contribution >= 4 is 17.5 Å². The number of aryl methyl sites for hydroxylation is 1. The molecule has 5 rings (SSSR count). The summed E-state index contributed by atoms with van der Waals surface area (Å²) < 4.78 is 0. The molecule has 2 aliphatic rings. The fraction of sp³-hybridized carbons (Fsp3) is 0.500. The van der Waals surface area contributed by atoms with Crippen molar-refractivity contribution in [2.24, 2.45) is 16.3 Å². The SMILES string of the molecule is CCCC(c1ccc(C(=O)NCc2nn[nH]n2)cc1)N1C(=O)C(c2ccc(C)cc2)=NC12CCC(C(C)(C)C)CC2. The van der Waals surface area contributed by atoms with Crippen molar-refractivity contribution in [1.82, 2.24) is 30.8 Å². The van der Waals surface area contributed by atoms with E-state index >= 15 is 0 Å². The van der Waals surface area contributed by atoms with Gasteiger partial charge in [0.1, 0.15) is 11.4 Å². The lowest BCUT2D eigenvalue weighted by Crippen LogP contribution is -2.51. The Balaban J connectivity index is 1.44. The molecule has 216 valence electrons. The molecule has 1 fully saturated rings. The van der Waals surface area contributed by atoms with Crippen LogP contribution in [0.1, 0.15) is 105 Å². The summed E-state index contributed by atoms with van der Waals surface area (Å²) in [6.07, 6.45) is 5.52. The molecule has 2 heterocycles. The molecule has 0 bridgehead atoms. The molecule has 3 aromatic rings. The van der Waals surface area contributed by atoms with Gasteiger partial charge in [0, 0.05) is 11.1 Å². The Bertz CT molecular complexity index is 1380. The Morgan fingerprint density at radius 1 is 1.10 bits per heavy atom. The molecule has 2 N–H and O–H groups in total. The first-order valence-electron chi connectivity index (χ1n) is 14.7. The molecule has 0 radical (unpaired) electrons. The maximum atomic E-state index is 14.3. The summed E-state index contributed by atoms with van der Waals surface area (Å²) in [5.41, 5.74) is 3.83. The second kappa shape index (κ2) is 11.5. The third-order valence-electron chi connectivity index (χ3n) is 8.75. The number of H-pyrrole nitrogens is 1. The molecule has 1 spiro atoms. The second-order valence-electron chi connectivity index (χ2n) is 12.6. The van der Waals surface area contributed by atoms with Gasteiger partial charge < -0.3 is 10.2 Å². The first-order chi connectivity index (χ1) is 19.6. The van der Waals surface area contributed by atoms with E-state index in [4.69, 9.17) is 4.99 Å². The summed E-state index contributed by atoms with van der Waals surface area (Å²) >= 11 is 0. The summed E-state index contributed by atoms with van der Waals surface area (Å²) in [6, 6.07) is 15.6. The molecule has 2 amide bonds. The predicted octanol–water partition coefficient (Wildman–Crippen LogP) is 5.54. The molecular formula is C32H41N7O2. The van der Waals surface area contributed by atoms with Gasteiger partial charge in [-0.2, -0.15) is 5.21 Å². The van der Waals surface area contributed by atoms with Gasteiger partial charge in [0.15, 0.2) is 5.82 Å². The fourth-order valence-electron chi connectivity index (χ4n) is 6.34. The van der Waals surface area contributed by atoms with Crippen LogP contribution in [0.4, 0.5) is 0 Å². The third kappa shape index (κ3) is 5.94. The van der Waals surface area contributed by atoms with Gasteiger partial charge in [-0.3, -0.25) is 14.6 Å². The molecule has 1 unspecified atom stereocenters. The molecule has 1 aliphatic carbocycles. The average molecular weight is 556 g/mol. The van der Waals surface area contributed by atoms with Gasteiger partial charge in [-0.1, -0.05) is 81.3 Å². The summed E-state index contributed by atoms with van der Waals surface area (Å²) in [6.45, 7) is 11.3. The Morgan fingerprint density at radius 3 is 2.37 bits per heavy atom. The van der Waals surface area contributed by atoms with Gasteiger partial charge in [-0.15, -0.1) is 10.2 Å². The predicted molar refractivity (Wildman–Crippen MR) is 158 cm³/mol. The van der Waals surface area contributed by atoms with Gasteiger partial charge >= 0.3 is 0 Å². The topological polar surface area (TPSA) is 116 Å². The van der Waals surface area contributed by atoms with Crippen LogP contribution >= 0.6 is 0 Å². The van der Waals surface area contributed by atoms with Crippen molar-refractivity contribution < 1.29 is 9.59 Å². The van der Waals surface area contributed by atoms with E-state index in [2.05, 4.69) is 65.5 Å². The van der Waals surface area contributed by atoms with Gasteiger partial charge in [0.25, 0.3) is 11.8 Å². The van der Waals surface area contributed by atoms with Crippen molar-refractivity contribution in [3.05, 3.63) is 76.6 Å². The summed E-state index contributed by atoms with van der Waals surface area (Å²) in [5, 5.41) is 16.5. The van der Waals surface area contributed by atoms with Crippen LogP contribution in [0.5, 0.6) is 0 Å². The van der Waals surface area contributed by atoms with Gasteiger partial charge in [-0.25, -0.2) is 0 Å². The van der Waals surface area contributed by atoms with Crippen molar-refractivity contribution in [1.29, 1.82) is 0 Å². The van der Waals surface area contributed by atoms with Crippen LogP contribution in [0.25, 0.3) is 0 Å². The molecular weight excluding hydrogens is 514 g/mol. The van der Waals surface area contributed by atoms with Crippen LogP contribution in [-0.2, 0) is 11.3 Å². The number of nitrogens with one attached hydrogen (secondary N) is 2. The van der Waals surface area contributed by atoms with Crippen LogP contribution in [-0.4, -0.2) is 48.7 Å². The number of aliphatic imine (C=N–C) groups is 1. The van der Waals surface area contributed by atoms with E-state index in [1.807, 2.05) is 48.5 Å². The number of hydrogen-bond acceptors (Lipinski definition) is 6. The minimum absolute atomic E-state index is 0.00319. The zero-order valence-electron chi connectivity index (χ0n) is 24.8. The number of rotatable bonds is 8. The van der Waals surface area contributed by atoms with E-state index in [1.165, 1.54) is 0 Å². The number of aromatic amines is 1. The zero-order chi connectivity index (χ0) is 29.2. The summed E-state index contributed by atoms with van der Waals surface area (Å²) in [7, 11) is 0. The lowest BCUT2D eigenvalue weighted by molar-refractivity contribution is -0.133. The zero-order valence-corrected chi connectivity index (χ0v) is 24.8. The van der Waals surface area contributed by atoms with Crippen LogP contribution in [0.2, 0.25) is 0 Å². The van der Waals surface area contributed by atoms with Crippen LogP contribution in [0, 0.1) is 18.3 Å². The first-order valence-corrected chi connectivity index (χ1v) is 14.7. The lowest BCUT2D eigenvalue weighted by Gasteiger charge is -2.47. The molecule has 1 aliphatic heterocycles. The number of amides is 2. The van der Waals surface area contributed by atoms with E-state index in [1.54, 1.807) is 0 Å². The maximum Gasteiger partial charge on any atom is 0.275 e. The Labute approximate surface area is 242 Å². The highest BCUT2D eigenvalue weighted by Gasteiger charge is 2.52. The number of nitrogens with zero attached hydrogens (tertiary/aromatic N) is 5. The van der Waals surface area contributed by atoms with Crippen LogP contribution in [0.15, 0.2) is 53.5 Å². The second-order valence-corrected chi connectivity index (χ2v) is 12.6. The largest absolute Gasteiger partial charge is 0.345 e. The molecule has 0 saturated heterocycles. The number of tetrazole rings is 1. The van der Waals surface area contributed by atoms with Gasteiger partial charge in [-0.05, 0) is 68.1 Å². The maximum absolute atomic E-state index is 14.3. The van der Waals surface area contributed by atoms with E-state index in [-0.39, 0.29) is 29.8 Å². The van der Waals surface area contributed by atoms with Crippen molar-refractivity contribution in [2.75, 3.05) is 0 Å². The molecule has 1 atom stereocenters. The van der Waals surface area contributed by atoms with E-state index in [9.17, 15) is 9.59 Å². The monoisotopic (exact) mass is 555 g/mol. The van der Waals surface area contributed by atoms with Crippen molar-refractivity contribution in [3.8, 4) is 0 Å². The minimum atomic E-state index is -0.556. The quantitative estimate of drug-likeness (QED) is 0.378. The van der Waals surface area contributed by atoms with Gasteiger partial charge in [0.2, 0.25) is 0 Å². The molecule has 1 saturated carbocycles. The number of hydrogen-bond donors (Lipinski definition) is 2. The summed E-state index contributed by atoms with van der Waals surface area (Å²) in [5.74, 6) is 0.802. The number of carbonyl (C=O) groups excluding carboxylic acids is 2. The summed E-state index contributed by atoms with van der Waals surface area (Å²) in [4.78, 5) is 34.5. The van der Waals surface area contributed by atoms with Crippen molar-refractivity contribution in [2.45, 2.75) is 91.4 Å². The Hall–Kier alpha value is -3.88. The average Bonchev–Trinajstić information content (AvgIpc) is 3.57. The van der Waals surface area contributed by atoms with E-state index in [0.717, 1.165) is 55.2 Å². The van der Waals surface area contributed by atoms with Gasteiger partial charge in [0.05, 0.1) is 12.6 Å². The first kappa shape index (κ1) is 28.6. The highest BCUT2D eigenvalue weighted by molar-refractivity contribution is 6.46. The smallest absolute Gasteiger partial charge is 0.275 e.